The van der Waals surface area contributed by atoms with E-state index in [1.54, 1.807) is 7.11 Å². The van der Waals surface area contributed by atoms with Crippen LogP contribution in [0.15, 0.2) is 0 Å². The van der Waals surface area contributed by atoms with Gasteiger partial charge in [0.15, 0.2) is 0 Å². The molecule has 0 atom stereocenters. The number of hydrogen-bond acceptors (Lipinski definition) is 2. The molecule has 0 amide bonds. The van der Waals surface area contributed by atoms with Crippen molar-refractivity contribution >= 4 is 8.56 Å². The molecule has 0 unspecified atom stereocenters. The summed E-state index contributed by atoms with van der Waals surface area (Å²) in [6.45, 7) is 9.36. The van der Waals surface area contributed by atoms with Crippen molar-refractivity contribution < 1.29 is 8.85 Å². The molecular formula is C8H20O2Si. The first-order valence-corrected chi connectivity index (χ1v) is 6.98. The van der Waals surface area contributed by atoms with E-state index in [-0.39, 0.29) is 0 Å². The summed E-state index contributed by atoms with van der Waals surface area (Å²) in [6, 6.07) is 0. The molecule has 0 rings (SSSR count). The molecule has 0 spiro atoms. The molecule has 0 aromatic heterocycles. The van der Waals surface area contributed by atoms with E-state index in [0.717, 1.165) is 18.9 Å². The minimum Gasteiger partial charge on any atom is -0.398 e. The van der Waals surface area contributed by atoms with E-state index in [0.29, 0.717) is 0 Å². The van der Waals surface area contributed by atoms with Gasteiger partial charge in [0, 0.05) is 13.7 Å². The lowest BCUT2D eigenvalue weighted by Crippen LogP contribution is -2.33. The summed E-state index contributed by atoms with van der Waals surface area (Å²) < 4.78 is 10.8. The van der Waals surface area contributed by atoms with Crippen molar-refractivity contribution in [3.8, 4) is 0 Å². The Morgan fingerprint density at radius 1 is 1.27 bits per heavy atom. The average Bonchev–Trinajstić information content (AvgIpc) is 1.87. The highest BCUT2D eigenvalue weighted by atomic mass is 28.4. The van der Waals surface area contributed by atoms with Gasteiger partial charge in [0.1, 0.15) is 0 Å². The van der Waals surface area contributed by atoms with Crippen LogP contribution >= 0.6 is 0 Å². The molecule has 0 radical (unpaired) electrons. The van der Waals surface area contributed by atoms with Crippen molar-refractivity contribution in [1.29, 1.82) is 0 Å². The van der Waals surface area contributed by atoms with Crippen LogP contribution in [0.5, 0.6) is 0 Å². The minimum absolute atomic E-state index is 0.719. The Kier molecular flexibility index (Phi) is 4.96. The van der Waals surface area contributed by atoms with Crippen molar-refractivity contribution in [2.24, 2.45) is 5.92 Å². The third-order valence-electron chi connectivity index (χ3n) is 1.64. The third-order valence-corrected chi connectivity index (χ3v) is 3.52. The van der Waals surface area contributed by atoms with Crippen LogP contribution in [0, 0.1) is 5.92 Å². The smallest absolute Gasteiger partial charge is 0.331 e. The molecule has 0 fully saturated rings. The second-order valence-corrected chi connectivity index (χ2v) is 7.13. The van der Waals surface area contributed by atoms with E-state index >= 15 is 0 Å². The van der Waals surface area contributed by atoms with Crippen molar-refractivity contribution in [1.82, 2.24) is 0 Å². The average molecular weight is 176 g/mol. The molecule has 0 aromatic carbocycles. The Labute approximate surface area is 71.1 Å². The lowest BCUT2D eigenvalue weighted by molar-refractivity contribution is 0.199. The minimum atomic E-state index is -1.74. The fourth-order valence-corrected chi connectivity index (χ4v) is 1.33. The fraction of sp³-hybridized carbons (Fsp3) is 1.00. The van der Waals surface area contributed by atoms with Gasteiger partial charge in [0.2, 0.25) is 0 Å². The summed E-state index contributed by atoms with van der Waals surface area (Å²) in [7, 11) is -0.0203. The summed E-state index contributed by atoms with van der Waals surface area (Å²) in [6.07, 6.45) is 1.12. The van der Waals surface area contributed by atoms with Gasteiger partial charge in [-0.1, -0.05) is 13.8 Å². The Hall–Kier alpha value is 0.137. The summed E-state index contributed by atoms with van der Waals surface area (Å²) in [5.41, 5.74) is 0. The molecular weight excluding hydrogens is 156 g/mol. The molecule has 0 aliphatic rings. The second kappa shape index (κ2) is 4.90. The van der Waals surface area contributed by atoms with Gasteiger partial charge < -0.3 is 8.85 Å². The predicted molar refractivity (Wildman–Crippen MR) is 49.9 cm³/mol. The highest BCUT2D eigenvalue weighted by Crippen LogP contribution is 2.07. The highest BCUT2D eigenvalue weighted by molar-refractivity contribution is 6.64. The van der Waals surface area contributed by atoms with Crippen LogP contribution in [-0.2, 0) is 8.85 Å². The second-order valence-electron chi connectivity index (χ2n) is 3.63. The van der Waals surface area contributed by atoms with E-state index in [1.165, 1.54) is 0 Å². The Balaban J connectivity index is 3.38. The van der Waals surface area contributed by atoms with Gasteiger partial charge in [0.25, 0.3) is 0 Å². The van der Waals surface area contributed by atoms with Crippen LogP contribution < -0.4 is 0 Å². The van der Waals surface area contributed by atoms with Crippen molar-refractivity contribution in [3.05, 3.63) is 0 Å². The normalized spacial score (nSPS) is 12.5. The summed E-state index contributed by atoms with van der Waals surface area (Å²) in [5.74, 6) is 0.719. The van der Waals surface area contributed by atoms with E-state index in [2.05, 4.69) is 26.9 Å². The van der Waals surface area contributed by atoms with Crippen LogP contribution in [0.3, 0.4) is 0 Å². The predicted octanol–water partition coefficient (Wildman–Crippen LogP) is 2.40. The number of rotatable bonds is 5. The van der Waals surface area contributed by atoms with Gasteiger partial charge in [-0.3, -0.25) is 0 Å². The van der Waals surface area contributed by atoms with E-state index < -0.39 is 8.56 Å². The third kappa shape index (κ3) is 6.53. The largest absolute Gasteiger partial charge is 0.398 e. The van der Waals surface area contributed by atoms with Crippen molar-refractivity contribution in [2.45, 2.75) is 33.4 Å². The van der Waals surface area contributed by atoms with Crippen molar-refractivity contribution in [3.63, 3.8) is 0 Å². The fourth-order valence-electron chi connectivity index (χ4n) is 0.599. The Bertz CT molecular complexity index is 102. The van der Waals surface area contributed by atoms with Crippen LogP contribution in [0.25, 0.3) is 0 Å². The SMILES string of the molecule is CO[Si](C)(C)OCCC(C)C. The molecule has 0 N–H and O–H groups in total. The first kappa shape index (κ1) is 11.1. The molecule has 0 aromatic rings. The molecule has 3 heteroatoms. The lowest BCUT2D eigenvalue weighted by Gasteiger charge is -2.20. The van der Waals surface area contributed by atoms with Crippen molar-refractivity contribution in [2.75, 3.05) is 13.7 Å². The van der Waals surface area contributed by atoms with Gasteiger partial charge in [-0.05, 0) is 25.4 Å². The number of hydrogen-bond donors (Lipinski definition) is 0. The maximum absolute atomic E-state index is 5.61. The molecule has 0 aliphatic heterocycles. The maximum Gasteiger partial charge on any atom is 0.331 e. The monoisotopic (exact) mass is 176 g/mol. The zero-order valence-corrected chi connectivity index (χ0v) is 9.31. The lowest BCUT2D eigenvalue weighted by atomic mass is 10.2. The van der Waals surface area contributed by atoms with E-state index in [9.17, 15) is 0 Å². The van der Waals surface area contributed by atoms with Gasteiger partial charge in [0.05, 0.1) is 0 Å². The zero-order valence-electron chi connectivity index (χ0n) is 8.31. The van der Waals surface area contributed by atoms with E-state index in [4.69, 9.17) is 8.85 Å². The topological polar surface area (TPSA) is 18.5 Å². The molecule has 0 aliphatic carbocycles. The molecule has 0 saturated heterocycles. The van der Waals surface area contributed by atoms with Gasteiger partial charge in [-0.25, -0.2) is 0 Å². The molecule has 0 bridgehead atoms. The van der Waals surface area contributed by atoms with Crippen LogP contribution in [0.4, 0.5) is 0 Å². The standard InChI is InChI=1S/C8H20O2Si/c1-8(2)6-7-10-11(4,5)9-3/h8H,6-7H2,1-5H3. The molecule has 0 saturated carbocycles. The zero-order chi connectivity index (χ0) is 8.91. The first-order chi connectivity index (χ1) is 4.98. The molecule has 0 heterocycles. The highest BCUT2D eigenvalue weighted by Gasteiger charge is 2.21. The summed E-state index contributed by atoms with van der Waals surface area (Å²) >= 11 is 0. The van der Waals surface area contributed by atoms with E-state index in [1.807, 2.05) is 0 Å². The van der Waals surface area contributed by atoms with Crippen LogP contribution in [0.2, 0.25) is 13.1 Å². The molecule has 68 valence electrons. The van der Waals surface area contributed by atoms with Gasteiger partial charge >= 0.3 is 8.56 Å². The Morgan fingerprint density at radius 3 is 2.18 bits per heavy atom. The van der Waals surface area contributed by atoms with Gasteiger partial charge in [-0.2, -0.15) is 0 Å². The Morgan fingerprint density at radius 2 is 1.82 bits per heavy atom. The molecule has 2 nitrogen and oxygen atoms in total. The summed E-state index contributed by atoms with van der Waals surface area (Å²) in [4.78, 5) is 0. The summed E-state index contributed by atoms with van der Waals surface area (Å²) in [5, 5.41) is 0. The first-order valence-electron chi connectivity index (χ1n) is 4.17. The quantitative estimate of drug-likeness (QED) is 0.599. The van der Waals surface area contributed by atoms with Crippen LogP contribution in [0.1, 0.15) is 20.3 Å². The molecule has 11 heavy (non-hydrogen) atoms. The van der Waals surface area contributed by atoms with Crippen LogP contribution in [-0.4, -0.2) is 22.3 Å². The van der Waals surface area contributed by atoms with Gasteiger partial charge in [-0.15, -0.1) is 0 Å². The maximum atomic E-state index is 5.61.